The minimum Gasteiger partial charge on any atom is -0.476 e. The van der Waals surface area contributed by atoms with Crippen LogP contribution in [-0.2, 0) is 6.54 Å². The molecule has 0 spiro atoms. The van der Waals surface area contributed by atoms with Crippen molar-refractivity contribution in [3.05, 3.63) is 53.9 Å². The summed E-state index contributed by atoms with van der Waals surface area (Å²) in [6, 6.07) is 7.10. The Kier molecular flexibility index (Phi) is 3.23. The fraction of sp³-hybridized carbons (Fsp3) is 0.143. The second-order valence-corrected chi connectivity index (χ2v) is 4.49. The number of aromatic carboxylic acids is 1. The summed E-state index contributed by atoms with van der Waals surface area (Å²) >= 11 is 0. The van der Waals surface area contributed by atoms with Gasteiger partial charge in [0.1, 0.15) is 11.5 Å². The molecule has 7 nitrogen and oxygen atoms in total. The van der Waals surface area contributed by atoms with Crippen molar-refractivity contribution >= 4 is 17.4 Å². The van der Waals surface area contributed by atoms with Gasteiger partial charge in [-0.3, -0.25) is 4.40 Å². The third-order valence-electron chi connectivity index (χ3n) is 3.00. The molecule has 0 saturated carbocycles. The van der Waals surface area contributed by atoms with E-state index in [0.29, 0.717) is 23.8 Å². The zero-order valence-corrected chi connectivity index (χ0v) is 11.3. The average molecular weight is 283 g/mol. The number of hydrogen-bond donors (Lipinski definition) is 2. The van der Waals surface area contributed by atoms with E-state index >= 15 is 0 Å². The van der Waals surface area contributed by atoms with E-state index in [-0.39, 0.29) is 5.69 Å². The van der Waals surface area contributed by atoms with Gasteiger partial charge in [0, 0.05) is 12.4 Å². The molecular formula is C14H13N5O2. The lowest BCUT2D eigenvalue weighted by Crippen LogP contribution is -2.09. The minimum absolute atomic E-state index is 0.108. The van der Waals surface area contributed by atoms with Crippen LogP contribution in [0.4, 0.5) is 5.82 Å². The van der Waals surface area contributed by atoms with Crippen molar-refractivity contribution in [1.82, 2.24) is 19.4 Å². The summed E-state index contributed by atoms with van der Waals surface area (Å²) in [6.45, 7) is 2.19. The molecule has 0 aromatic carbocycles. The van der Waals surface area contributed by atoms with E-state index in [1.165, 1.54) is 4.40 Å². The van der Waals surface area contributed by atoms with Crippen molar-refractivity contribution in [3.63, 3.8) is 0 Å². The molecular weight excluding hydrogens is 270 g/mol. The summed E-state index contributed by atoms with van der Waals surface area (Å²) in [5.41, 5.74) is 1.46. The third-order valence-corrected chi connectivity index (χ3v) is 3.00. The fourth-order valence-electron chi connectivity index (χ4n) is 2.10. The third kappa shape index (κ3) is 2.53. The van der Waals surface area contributed by atoms with Crippen LogP contribution in [0.25, 0.3) is 5.65 Å². The Morgan fingerprint density at radius 1 is 1.33 bits per heavy atom. The number of fused-ring (bicyclic) bond motifs is 1. The number of nitrogens with zero attached hydrogens (tertiary/aromatic N) is 4. The lowest BCUT2D eigenvalue weighted by Gasteiger charge is -2.04. The van der Waals surface area contributed by atoms with Gasteiger partial charge in [0.2, 0.25) is 0 Å². The van der Waals surface area contributed by atoms with Crippen molar-refractivity contribution in [2.24, 2.45) is 0 Å². The quantitative estimate of drug-likeness (QED) is 0.757. The van der Waals surface area contributed by atoms with E-state index < -0.39 is 5.97 Å². The van der Waals surface area contributed by atoms with E-state index in [1.807, 2.05) is 6.07 Å². The number of anilines is 1. The molecule has 2 N–H and O–H groups in total. The van der Waals surface area contributed by atoms with Gasteiger partial charge in [-0.2, -0.15) is 0 Å². The van der Waals surface area contributed by atoms with E-state index in [9.17, 15) is 9.90 Å². The Hall–Kier alpha value is -2.96. The van der Waals surface area contributed by atoms with Gasteiger partial charge in [0.25, 0.3) is 0 Å². The van der Waals surface area contributed by atoms with Crippen LogP contribution >= 0.6 is 0 Å². The molecule has 21 heavy (non-hydrogen) atoms. The number of imidazole rings is 1. The van der Waals surface area contributed by atoms with Crippen LogP contribution in [0.3, 0.4) is 0 Å². The summed E-state index contributed by atoms with van der Waals surface area (Å²) in [6.07, 6.45) is 3.34. The number of aromatic nitrogens is 4. The summed E-state index contributed by atoms with van der Waals surface area (Å²) in [5, 5.41) is 12.4. The number of aryl methyl sites for hydroxylation is 1. The first-order valence-electron chi connectivity index (χ1n) is 6.38. The highest BCUT2D eigenvalue weighted by Crippen LogP contribution is 2.18. The molecule has 0 aliphatic rings. The molecule has 106 valence electrons. The number of nitrogens with one attached hydrogen (secondary N) is 1. The molecule has 0 radical (unpaired) electrons. The zero-order chi connectivity index (χ0) is 14.8. The van der Waals surface area contributed by atoms with Crippen molar-refractivity contribution in [1.29, 1.82) is 0 Å². The first-order valence-corrected chi connectivity index (χ1v) is 6.38. The van der Waals surface area contributed by atoms with Gasteiger partial charge in [-0.05, 0) is 25.1 Å². The van der Waals surface area contributed by atoms with E-state index in [2.05, 4.69) is 20.3 Å². The lowest BCUT2D eigenvalue weighted by atomic mass is 10.3. The van der Waals surface area contributed by atoms with Crippen molar-refractivity contribution in [2.75, 3.05) is 5.32 Å². The second-order valence-electron chi connectivity index (χ2n) is 4.49. The van der Waals surface area contributed by atoms with Crippen LogP contribution in [0.5, 0.6) is 0 Å². The van der Waals surface area contributed by atoms with Crippen LogP contribution in [0.15, 0.2) is 36.7 Å². The Bertz CT molecular complexity index is 812. The Morgan fingerprint density at radius 3 is 2.95 bits per heavy atom. The van der Waals surface area contributed by atoms with E-state index in [4.69, 9.17) is 0 Å². The van der Waals surface area contributed by atoms with Gasteiger partial charge in [-0.1, -0.05) is 6.07 Å². The molecule has 3 aromatic heterocycles. The van der Waals surface area contributed by atoms with Crippen molar-refractivity contribution in [2.45, 2.75) is 13.5 Å². The van der Waals surface area contributed by atoms with Crippen LogP contribution < -0.4 is 5.32 Å². The highest BCUT2D eigenvalue weighted by Gasteiger charge is 2.18. The first-order chi connectivity index (χ1) is 10.1. The lowest BCUT2D eigenvalue weighted by molar-refractivity contribution is 0.0690. The second kappa shape index (κ2) is 5.20. The van der Waals surface area contributed by atoms with Gasteiger partial charge in [0.05, 0.1) is 12.2 Å². The Labute approximate surface area is 120 Å². The van der Waals surface area contributed by atoms with E-state index in [1.54, 1.807) is 37.5 Å². The summed E-state index contributed by atoms with van der Waals surface area (Å²) in [7, 11) is 0. The maximum Gasteiger partial charge on any atom is 0.356 e. The van der Waals surface area contributed by atoms with Gasteiger partial charge in [-0.25, -0.2) is 19.7 Å². The molecule has 0 aliphatic heterocycles. The molecule has 3 rings (SSSR count). The monoisotopic (exact) mass is 283 g/mol. The van der Waals surface area contributed by atoms with Crippen molar-refractivity contribution < 1.29 is 9.90 Å². The number of pyridine rings is 1. The first kappa shape index (κ1) is 13.0. The summed E-state index contributed by atoms with van der Waals surface area (Å²) < 4.78 is 1.54. The Balaban J connectivity index is 1.93. The minimum atomic E-state index is -1.03. The van der Waals surface area contributed by atoms with Crippen LogP contribution in [-0.4, -0.2) is 30.4 Å². The molecule has 0 amide bonds. The highest BCUT2D eigenvalue weighted by atomic mass is 16.4. The summed E-state index contributed by atoms with van der Waals surface area (Å²) in [5.74, 6) is -0.0391. The fourth-order valence-corrected chi connectivity index (χ4v) is 2.10. The molecule has 0 unspecified atom stereocenters. The van der Waals surface area contributed by atoms with Crippen LogP contribution in [0.1, 0.15) is 22.0 Å². The van der Waals surface area contributed by atoms with Crippen molar-refractivity contribution in [3.8, 4) is 0 Å². The number of carbonyl (C=O) groups is 1. The smallest absolute Gasteiger partial charge is 0.356 e. The standard InChI is InChI=1S/C14H13N5O2/c1-9-15-6-5-10(17-9)8-16-13-12(14(20)21)19-7-3-2-4-11(19)18-13/h2-7,16H,8H2,1H3,(H,20,21). The van der Waals surface area contributed by atoms with Crippen LogP contribution in [0, 0.1) is 6.92 Å². The molecule has 0 aliphatic carbocycles. The van der Waals surface area contributed by atoms with Gasteiger partial charge < -0.3 is 10.4 Å². The molecule has 0 fully saturated rings. The number of hydrogen-bond acceptors (Lipinski definition) is 5. The molecule has 3 aromatic rings. The summed E-state index contributed by atoms with van der Waals surface area (Å²) in [4.78, 5) is 24.0. The van der Waals surface area contributed by atoms with Gasteiger partial charge in [0.15, 0.2) is 11.5 Å². The van der Waals surface area contributed by atoms with Crippen LogP contribution in [0.2, 0.25) is 0 Å². The maximum atomic E-state index is 11.4. The predicted octanol–water partition coefficient (Wildman–Crippen LogP) is 1.74. The predicted molar refractivity (Wildman–Crippen MR) is 76.2 cm³/mol. The van der Waals surface area contributed by atoms with E-state index in [0.717, 1.165) is 5.69 Å². The normalized spacial score (nSPS) is 10.7. The molecule has 0 atom stereocenters. The largest absolute Gasteiger partial charge is 0.476 e. The molecule has 0 bridgehead atoms. The maximum absolute atomic E-state index is 11.4. The number of carboxylic acid groups (broad SMARTS) is 1. The Morgan fingerprint density at radius 2 is 2.19 bits per heavy atom. The van der Waals surface area contributed by atoms with Gasteiger partial charge in [-0.15, -0.1) is 0 Å². The highest BCUT2D eigenvalue weighted by molar-refractivity contribution is 5.92. The number of rotatable bonds is 4. The number of carboxylic acids is 1. The zero-order valence-electron chi connectivity index (χ0n) is 11.3. The molecule has 7 heteroatoms. The topological polar surface area (TPSA) is 92.4 Å². The molecule has 3 heterocycles. The molecule has 0 saturated heterocycles. The van der Waals surface area contributed by atoms with Gasteiger partial charge >= 0.3 is 5.97 Å². The average Bonchev–Trinajstić information content (AvgIpc) is 2.83. The SMILES string of the molecule is Cc1nccc(CNc2nc3ccccn3c2C(=O)O)n1.